The molecule has 0 radical (unpaired) electrons. The van der Waals surface area contributed by atoms with Crippen molar-refractivity contribution < 1.29 is 42.2 Å². The zero-order valence-corrected chi connectivity index (χ0v) is 20.8. The highest BCUT2D eigenvalue weighted by Gasteiger charge is 2.66. The average molecular weight is 541 g/mol. The monoisotopic (exact) mass is 540 g/mol. The van der Waals surface area contributed by atoms with Crippen molar-refractivity contribution in [2.24, 2.45) is 11.8 Å². The van der Waals surface area contributed by atoms with Gasteiger partial charge < -0.3 is 9.84 Å². The molecule has 37 heavy (non-hydrogen) atoms. The summed E-state index contributed by atoms with van der Waals surface area (Å²) >= 11 is 6.09. The quantitative estimate of drug-likeness (QED) is 0.447. The third-order valence-corrected chi connectivity index (χ3v) is 6.71. The molecule has 4 rings (SSSR count). The van der Waals surface area contributed by atoms with E-state index < -0.39 is 41.5 Å². The number of nitrogens with one attached hydrogen (secondary N) is 1. The molecule has 2 heterocycles. The molecule has 198 valence electrons. The number of esters is 1. The minimum atomic E-state index is -5.08. The van der Waals surface area contributed by atoms with Gasteiger partial charge in [-0.3, -0.25) is 24.6 Å². The SMILES string of the molecule is CCN1C(=O)C2C(c3ccc(-c4cccc(Cl)c4)cc3)N[C@@](C)(C(=O)OC)C2C1=O.O=C(O)C(F)(F)F. The highest BCUT2D eigenvalue weighted by molar-refractivity contribution is 6.30. The molecule has 2 aromatic rings. The van der Waals surface area contributed by atoms with E-state index >= 15 is 0 Å². The molecule has 0 aliphatic carbocycles. The summed E-state index contributed by atoms with van der Waals surface area (Å²) in [4.78, 5) is 48.7. The summed E-state index contributed by atoms with van der Waals surface area (Å²) in [6.45, 7) is 3.68. The summed E-state index contributed by atoms with van der Waals surface area (Å²) in [5, 5.41) is 11.0. The van der Waals surface area contributed by atoms with E-state index in [1.165, 1.54) is 12.0 Å². The summed E-state index contributed by atoms with van der Waals surface area (Å²) < 4.78 is 36.7. The standard InChI is InChI=1S/C23H23ClN2O4.C2HF3O2/c1-4-26-20(27)17-18(21(26)28)23(2,22(29)30-3)25-19(17)14-10-8-13(9-11-14)15-6-5-7-16(24)12-15;3-2(4,5)1(6)7/h5-12,17-19,25H,4H2,1-3H3;(H,6,7)/t17?,18?,19?,23-;/m1./s1. The van der Waals surface area contributed by atoms with Gasteiger partial charge in [0.05, 0.1) is 18.9 Å². The van der Waals surface area contributed by atoms with Crippen LogP contribution in [-0.4, -0.2) is 59.1 Å². The predicted octanol–water partition coefficient (Wildman–Crippen LogP) is 3.84. The summed E-state index contributed by atoms with van der Waals surface area (Å²) in [7, 11) is 1.29. The number of methoxy groups -OCH3 is 1. The van der Waals surface area contributed by atoms with Gasteiger partial charge in [-0.2, -0.15) is 13.2 Å². The van der Waals surface area contributed by atoms with Crippen LogP contribution < -0.4 is 5.32 Å². The van der Waals surface area contributed by atoms with Crippen molar-refractivity contribution >= 4 is 35.4 Å². The number of carbonyl (C=O) groups excluding carboxylic acids is 3. The summed E-state index contributed by atoms with van der Waals surface area (Å²) in [5.74, 6) is -5.33. The first-order valence-corrected chi connectivity index (χ1v) is 11.5. The van der Waals surface area contributed by atoms with Crippen LogP contribution in [0.3, 0.4) is 0 Å². The molecule has 2 saturated heterocycles. The smallest absolute Gasteiger partial charge is 0.475 e. The van der Waals surface area contributed by atoms with Crippen LogP contribution in [0.4, 0.5) is 13.2 Å². The number of alkyl halides is 3. The molecule has 4 atom stereocenters. The van der Waals surface area contributed by atoms with Gasteiger partial charge in [0.1, 0.15) is 5.54 Å². The maximum Gasteiger partial charge on any atom is 0.490 e. The zero-order valence-electron chi connectivity index (χ0n) is 20.0. The molecule has 2 aromatic carbocycles. The minimum Gasteiger partial charge on any atom is -0.475 e. The molecule has 8 nitrogen and oxygen atoms in total. The van der Waals surface area contributed by atoms with Gasteiger partial charge in [-0.1, -0.05) is 48.0 Å². The van der Waals surface area contributed by atoms with Crippen molar-refractivity contribution in [3.8, 4) is 11.1 Å². The van der Waals surface area contributed by atoms with Crippen LogP contribution in [-0.2, 0) is 23.9 Å². The molecule has 2 fully saturated rings. The Morgan fingerprint density at radius 3 is 2.19 bits per heavy atom. The van der Waals surface area contributed by atoms with E-state index in [2.05, 4.69) is 5.32 Å². The van der Waals surface area contributed by atoms with Crippen molar-refractivity contribution in [2.45, 2.75) is 31.6 Å². The lowest BCUT2D eigenvalue weighted by molar-refractivity contribution is -0.192. The third-order valence-electron chi connectivity index (χ3n) is 6.47. The number of carboxylic acids is 1. The molecule has 0 saturated carbocycles. The summed E-state index contributed by atoms with van der Waals surface area (Å²) in [5.41, 5.74) is 1.53. The maximum absolute atomic E-state index is 13.0. The molecule has 12 heteroatoms. The molecule has 2 amide bonds. The molecular formula is C25H24ClF3N2O6. The average Bonchev–Trinajstić information content (AvgIpc) is 3.31. The van der Waals surface area contributed by atoms with E-state index in [1.807, 2.05) is 48.5 Å². The first-order chi connectivity index (χ1) is 17.3. The molecule has 2 aliphatic heterocycles. The minimum absolute atomic E-state index is 0.253. The highest BCUT2D eigenvalue weighted by atomic mass is 35.5. The van der Waals surface area contributed by atoms with E-state index in [-0.39, 0.29) is 18.4 Å². The van der Waals surface area contributed by atoms with E-state index in [1.54, 1.807) is 13.8 Å². The number of fused-ring (bicyclic) bond motifs is 1. The lowest BCUT2D eigenvalue weighted by Crippen LogP contribution is -2.53. The maximum atomic E-state index is 13.0. The Balaban J connectivity index is 0.000000479. The Morgan fingerprint density at radius 2 is 1.70 bits per heavy atom. The van der Waals surface area contributed by atoms with Gasteiger partial charge in [0.15, 0.2) is 0 Å². The number of hydrogen-bond acceptors (Lipinski definition) is 6. The van der Waals surface area contributed by atoms with E-state index in [0.717, 1.165) is 16.7 Å². The highest BCUT2D eigenvalue weighted by Crippen LogP contribution is 2.49. The Hall–Kier alpha value is -3.44. The zero-order chi connectivity index (χ0) is 27.7. The number of halogens is 4. The number of aliphatic carboxylic acids is 1. The van der Waals surface area contributed by atoms with Gasteiger partial charge in [0, 0.05) is 17.6 Å². The van der Waals surface area contributed by atoms with Crippen molar-refractivity contribution in [1.29, 1.82) is 0 Å². The number of hydrogen-bond donors (Lipinski definition) is 2. The fourth-order valence-electron chi connectivity index (χ4n) is 4.75. The largest absolute Gasteiger partial charge is 0.490 e. The molecule has 0 spiro atoms. The number of amides is 2. The van der Waals surface area contributed by atoms with E-state index in [0.29, 0.717) is 5.02 Å². The fourth-order valence-corrected chi connectivity index (χ4v) is 4.94. The number of carbonyl (C=O) groups is 4. The van der Waals surface area contributed by atoms with Crippen LogP contribution in [0.15, 0.2) is 48.5 Å². The van der Waals surface area contributed by atoms with Gasteiger partial charge in [-0.15, -0.1) is 0 Å². The van der Waals surface area contributed by atoms with Crippen LogP contribution in [0, 0.1) is 11.8 Å². The predicted molar refractivity (Wildman–Crippen MR) is 126 cm³/mol. The Morgan fingerprint density at radius 1 is 1.11 bits per heavy atom. The van der Waals surface area contributed by atoms with Crippen LogP contribution in [0.1, 0.15) is 25.5 Å². The van der Waals surface area contributed by atoms with E-state index in [9.17, 15) is 27.6 Å². The lowest BCUT2D eigenvalue weighted by atomic mass is 9.80. The van der Waals surface area contributed by atoms with Gasteiger partial charge in [-0.25, -0.2) is 4.79 Å². The molecule has 3 unspecified atom stereocenters. The van der Waals surface area contributed by atoms with Crippen LogP contribution in [0.2, 0.25) is 5.02 Å². The van der Waals surface area contributed by atoms with Gasteiger partial charge in [-0.05, 0) is 42.7 Å². The first-order valence-electron chi connectivity index (χ1n) is 11.1. The molecule has 0 bridgehead atoms. The number of rotatable bonds is 4. The number of likely N-dealkylation sites (tertiary alicyclic amines) is 1. The molecule has 2 aliphatic rings. The Bertz CT molecular complexity index is 1220. The Labute approximate surface area is 215 Å². The van der Waals surface area contributed by atoms with Crippen LogP contribution in [0.25, 0.3) is 11.1 Å². The van der Waals surface area contributed by atoms with Gasteiger partial charge in [0.2, 0.25) is 11.8 Å². The second-order valence-corrected chi connectivity index (χ2v) is 9.11. The topological polar surface area (TPSA) is 113 Å². The summed E-state index contributed by atoms with van der Waals surface area (Å²) in [6.07, 6.45) is -5.08. The van der Waals surface area contributed by atoms with Gasteiger partial charge in [0.25, 0.3) is 0 Å². The molecular weight excluding hydrogens is 517 g/mol. The van der Waals surface area contributed by atoms with Crippen molar-refractivity contribution in [2.75, 3.05) is 13.7 Å². The number of imide groups is 1. The van der Waals surface area contributed by atoms with Crippen molar-refractivity contribution in [1.82, 2.24) is 10.2 Å². The van der Waals surface area contributed by atoms with Crippen molar-refractivity contribution in [3.63, 3.8) is 0 Å². The Kier molecular flexibility index (Phi) is 7.99. The van der Waals surface area contributed by atoms with E-state index in [4.69, 9.17) is 26.2 Å². The number of ether oxygens (including phenoxy) is 1. The number of carboxylic acid groups (broad SMARTS) is 1. The second-order valence-electron chi connectivity index (χ2n) is 8.68. The fraction of sp³-hybridized carbons (Fsp3) is 0.360. The lowest BCUT2D eigenvalue weighted by Gasteiger charge is -2.28. The second kappa shape index (κ2) is 10.5. The molecule has 2 N–H and O–H groups in total. The first kappa shape index (κ1) is 28.1. The summed E-state index contributed by atoms with van der Waals surface area (Å²) in [6, 6.07) is 14.8. The van der Waals surface area contributed by atoms with Crippen molar-refractivity contribution in [3.05, 3.63) is 59.1 Å². The number of benzene rings is 2. The van der Waals surface area contributed by atoms with Crippen LogP contribution in [0.5, 0.6) is 0 Å². The normalized spacial score (nSPS) is 24.8. The third kappa shape index (κ3) is 5.33. The van der Waals surface area contributed by atoms with Crippen LogP contribution >= 0.6 is 11.6 Å². The number of nitrogens with zero attached hydrogens (tertiary/aromatic N) is 1. The van der Waals surface area contributed by atoms with Gasteiger partial charge >= 0.3 is 18.1 Å². The molecule has 0 aromatic heterocycles.